The molecule has 1 nitrogen and oxygen atoms in total. The molecular weight excluding hydrogens is 225 g/mol. The molecule has 0 radical (unpaired) electrons. The van der Waals surface area contributed by atoms with Crippen molar-refractivity contribution in [2.24, 2.45) is 0 Å². The van der Waals surface area contributed by atoms with E-state index >= 15 is 0 Å². The lowest BCUT2D eigenvalue weighted by Gasteiger charge is -2.37. The van der Waals surface area contributed by atoms with Crippen molar-refractivity contribution in [2.75, 3.05) is 12.3 Å². The number of hydrogen-bond acceptors (Lipinski definition) is 2. The Balaban J connectivity index is 2.11. The van der Waals surface area contributed by atoms with Crippen LogP contribution in [0, 0.1) is 0 Å². The molecule has 0 spiro atoms. The van der Waals surface area contributed by atoms with E-state index in [4.69, 9.17) is 0 Å². The molecule has 2 aromatic rings. The highest BCUT2D eigenvalue weighted by atomic mass is 32.2. The minimum atomic E-state index is -0.802. The highest BCUT2D eigenvalue weighted by molar-refractivity contribution is 8.31. The monoisotopic (exact) mass is 240 g/mol. The first-order valence-electron chi connectivity index (χ1n) is 6.07. The fraction of sp³-hybridized carbons (Fsp3) is 0.143. The van der Waals surface area contributed by atoms with Gasteiger partial charge in [-0.25, -0.2) is 0 Å². The van der Waals surface area contributed by atoms with Crippen molar-refractivity contribution < 1.29 is 0 Å². The first-order chi connectivity index (χ1) is 8.42. The van der Waals surface area contributed by atoms with Gasteiger partial charge in [0, 0.05) is 0 Å². The minimum Gasteiger partial charge on any atom is -0.471 e. The zero-order chi connectivity index (χ0) is 11.6. The summed E-state index contributed by atoms with van der Waals surface area (Å²) in [6, 6.07) is 21.6. The van der Waals surface area contributed by atoms with Crippen molar-refractivity contribution in [1.29, 1.82) is 0 Å². The summed E-state index contributed by atoms with van der Waals surface area (Å²) < 4.78 is 0. The highest BCUT2D eigenvalue weighted by Crippen LogP contribution is 2.22. The SMILES string of the molecule is c1ccc([B-]2(c3ccccc3)NCCS2)cc1. The predicted molar refractivity (Wildman–Crippen MR) is 78.4 cm³/mol. The van der Waals surface area contributed by atoms with E-state index in [1.807, 2.05) is 11.6 Å². The summed E-state index contributed by atoms with van der Waals surface area (Å²) in [7, 11) is 0. The second kappa shape index (κ2) is 4.59. The zero-order valence-electron chi connectivity index (χ0n) is 9.67. The Morgan fingerprint density at radius 1 is 0.824 bits per heavy atom. The van der Waals surface area contributed by atoms with Gasteiger partial charge in [-0.3, -0.25) is 0 Å². The molecule has 1 heterocycles. The molecule has 0 saturated carbocycles. The standard InChI is InChI=1S/C14H15BNS/c1-3-7-13(8-4-1)15(16-11-12-17-15)14-9-5-2-6-10-14/h1-10,16H,11-12H2/q-1. The summed E-state index contributed by atoms with van der Waals surface area (Å²) in [5, 5.41) is 3.73. The molecule has 2 aromatic carbocycles. The maximum Gasteiger partial charge on any atom is 0.169 e. The van der Waals surface area contributed by atoms with E-state index in [1.165, 1.54) is 16.7 Å². The van der Waals surface area contributed by atoms with E-state index in [2.05, 4.69) is 65.9 Å². The van der Waals surface area contributed by atoms with Crippen LogP contribution in [0.2, 0.25) is 0 Å². The van der Waals surface area contributed by atoms with Gasteiger partial charge in [-0.1, -0.05) is 60.7 Å². The fourth-order valence-corrected chi connectivity index (χ4v) is 4.15. The molecule has 1 N–H and O–H groups in total. The lowest BCUT2D eigenvalue weighted by atomic mass is 9.48. The van der Waals surface area contributed by atoms with Crippen molar-refractivity contribution in [3.63, 3.8) is 0 Å². The molecule has 3 heteroatoms. The van der Waals surface area contributed by atoms with Gasteiger partial charge in [0.25, 0.3) is 0 Å². The Morgan fingerprint density at radius 3 is 1.76 bits per heavy atom. The van der Waals surface area contributed by atoms with Crippen LogP contribution >= 0.6 is 11.6 Å². The average molecular weight is 240 g/mol. The van der Waals surface area contributed by atoms with Crippen LogP contribution < -0.4 is 16.2 Å². The van der Waals surface area contributed by atoms with Crippen LogP contribution in [-0.4, -0.2) is 17.9 Å². The van der Waals surface area contributed by atoms with Gasteiger partial charge in [-0.15, -0.1) is 0 Å². The third kappa shape index (κ3) is 1.90. The first kappa shape index (κ1) is 10.9. The first-order valence-corrected chi connectivity index (χ1v) is 7.11. The van der Waals surface area contributed by atoms with E-state index < -0.39 is 5.56 Å². The highest BCUT2D eigenvalue weighted by Gasteiger charge is 2.30. The Kier molecular flexibility index (Phi) is 2.95. The molecule has 0 amide bonds. The largest absolute Gasteiger partial charge is 0.471 e. The van der Waals surface area contributed by atoms with Crippen molar-refractivity contribution in [1.82, 2.24) is 5.23 Å². The number of hydrogen-bond donors (Lipinski definition) is 1. The Morgan fingerprint density at radius 2 is 1.35 bits per heavy atom. The third-order valence-corrected chi connectivity index (χ3v) is 5.09. The molecule has 0 unspecified atom stereocenters. The summed E-state index contributed by atoms with van der Waals surface area (Å²) in [5.41, 5.74) is 2.01. The van der Waals surface area contributed by atoms with Gasteiger partial charge in [-0.2, -0.15) is 10.9 Å². The molecule has 86 valence electrons. The maximum atomic E-state index is 3.73. The van der Waals surface area contributed by atoms with Gasteiger partial charge >= 0.3 is 0 Å². The van der Waals surface area contributed by atoms with E-state index in [-0.39, 0.29) is 0 Å². The van der Waals surface area contributed by atoms with Gasteiger partial charge in [0.15, 0.2) is 5.56 Å². The molecular formula is C14H15BNS-. The van der Waals surface area contributed by atoms with Gasteiger partial charge in [0.05, 0.1) is 0 Å². The van der Waals surface area contributed by atoms with Gasteiger partial charge in [0.1, 0.15) is 0 Å². The summed E-state index contributed by atoms with van der Waals surface area (Å²) in [6.45, 7) is 1.09. The fourth-order valence-electron chi connectivity index (χ4n) is 2.63. The smallest absolute Gasteiger partial charge is 0.169 e. The van der Waals surface area contributed by atoms with Crippen molar-refractivity contribution >= 4 is 28.1 Å². The van der Waals surface area contributed by atoms with E-state index in [0.29, 0.717) is 0 Å². The lowest BCUT2D eigenvalue weighted by Crippen LogP contribution is -2.63. The molecule has 0 atom stereocenters. The zero-order valence-corrected chi connectivity index (χ0v) is 10.5. The van der Waals surface area contributed by atoms with Crippen LogP contribution in [0.15, 0.2) is 60.7 Å². The number of benzene rings is 2. The van der Waals surface area contributed by atoms with Crippen molar-refractivity contribution in [3.8, 4) is 0 Å². The number of nitrogens with one attached hydrogen (secondary N) is 1. The Labute approximate surface area is 106 Å². The molecule has 0 aliphatic carbocycles. The summed E-state index contributed by atoms with van der Waals surface area (Å²) in [6.07, 6.45) is 0. The number of rotatable bonds is 2. The molecule has 0 aromatic heterocycles. The average Bonchev–Trinajstić information content (AvgIpc) is 2.91. The second-order valence-electron chi connectivity index (χ2n) is 4.43. The Bertz CT molecular complexity index is 439. The molecule has 1 aliphatic heterocycles. The van der Waals surface area contributed by atoms with Crippen molar-refractivity contribution in [2.45, 2.75) is 0 Å². The molecule has 1 aliphatic rings. The minimum absolute atomic E-state index is 0.802. The van der Waals surface area contributed by atoms with Crippen LogP contribution in [0.3, 0.4) is 0 Å². The molecule has 17 heavy (non-hydrogen) atoms. The molecule has 0 bridgehead atoms. The van der Waals surface area contributed by atoms with Crippen molar-refractivity contribution in [3.05, 3.63) is 60.7 Å². The molecule has 1 saturated heterocycles. The van der Waals surface area contributed by atoms with Gasteiger partial charge in [0.2, 0.25) is 0 Å². The third-order valence-electron chi connectivity index (χ3n) is 3.44. The van der Waals surface area contributed by atoms with E-state index in [9.17, 15) is 0 Å². The maximum absolute atomic E-state index is 3.73. The van der Waals surface area contributed by atoms with E-state index in [1.54, 1.807) is 0 Å². The van der Waals surface area contributed by atoms with Crippen LogP contribution in [0.1, 0.15) is 0 Å². The second-order valence-corrected chi connectivity index (χ2v) is 5.88. The topological polar surface area (TPSA) is 12.0 Å². The Hall–Kier alpha value is -1.19. The lowest BCUT2D eigenvalue weighted by molar-refractivity contribution is 1.03. The molecule has 1 fully saturated rings. The van der Waals surface area contributed by atoms with Gasteiger partial charge < -0.3 is 16.8 Å². The van der Waals surface area contributed by atoms with E-state index in [0.717, 1.165) is 6.54 Å². The van der Waals surface area contributed by atoms with Crippen LogP contribution in [0.25, 0.3) is 0 Å². The van der Waals surface area contributed by atoms with Crippen LogP contribution in [0.5, 0.6) is 0 Å². The summed E-state index contributed by atoms with van der Waals surface area (Å²) in [5.74, 6) is 1.18. The van der Waals surface area contributed by atoms with Crippen LogP contribution in [0.4, 0.5) is 0 Å². The normalized spacial score (nSPS) is 18.1. The quantitative estimate of drug-likeness (QED) is 0.800. The predicted octanol–water partition coefficient (Wildman–Crippen LogP) is 1.58. The van der Waals surface area contributed by atoms with Gasteiger partial charge in [-0.05, 0) is 12.3 Å². The summed E-state index contributed by atoms with van der Waals surface area (Å²) in [4.78, 5) is 0. The van der Waals surface area contributed by atoms with Crippen LogP contribution in [-0.2, 0) is 0 Å². The molecule has 3 rings (SSSR count). The summed E-state index contributed by atoms with van der Waals surface area (Å²) >= 11 is 2.05.